The fraction of sp³-hybridized carbons (Fsp3) is 0.383. The number of pyridine rings is 1. The van der Waals surface area contributed by atoms with E-state index < -0.39 is 72.1 Å². The molecule has 10 rings (SSSR count). The molecule has 9 heterocycles. The molecule has 0 aliphatic carbocycles. The molecule has 7 aromatic heterocycles. The van der Waals surface area contributed by atoms with Crippen LogP contribution in [0.2, 0.25) is 0 Å². The number of aryl methyl sites for hydroxylation is 1. The van der Waals surface area contributed by atoms with Crippen LogP contribution in [0.3, 0.4) is 0 Å². The number of hydrogen-bond donors (Lipinski definition) is 6. The van der Waals surface area contributed by atoms with Crippen LogP contribution in [0.5, 0.6) is 0 Å². The van der Waals surface area contributed by atoms with Gasteiger partial charge >= 0.3 is 18.0 Å². The fourth-order valence-electron chi connectivity index (χ4n) is 10.4. The molecule has 24 nitrogen and oxygen atoms in total. The number of carbonyl (C=O) groups is 8. The summed E-state index contributed by atoms with van der Waals surface area (Å²) in [5, 5.41) is 40.3. The number of urea groups is 1. The number of ether oxygens (including phenoxy) is 1. The predicted octanol–water partition coefficient (Wildman–Crippen LogP) is 9.86. The molecule has 2 aliphatic heterocycles. The first-order chi connectivity index (χ1) is 43.3. The van der Waals surface area contributed by atoms with Crippen molar-refractivity contribution in [3.8, 4) is 43.4 Å². The zero-order valence-electron chi connectivity index (χ0n) is 49.6. The molecule has 0 saturated carbocycles. The fourth-order valence-corrected chi connectivity index (χ4v) is 16.1. The van der Waals surface area contributed by atoms with Gasteiger partial charge in [0.25, 0.3) is 11.8 Å². The largest absolute Gasteiger partial charge is 0.481 e. The number of benzene rings is 1. The van der Waals surface area contributed by atoms with Crippen molar-refractivity contribution >= 4 is 121 Å². The van der Waals surface area contributed by atoms with E-state index in [1.54, 1.807) is 34.7 Å². The van der Waals surface area contributed by atoms with Crippen molar-refractivity contribution in [2.24, 2.45) is 11.8 Å². The van der Waals surface area contributed by atoms with Gasteiger partial charge in [0.15, 0.2) is 5.78 Å². The number of aliphatic carboxylic acids is 2. The Morgan fingerprint density at radius 3 is 2.17 bits per heavy atom. The Balaban J connectivity index is 1.05. The molecule has 0 spiro atoms. The average molecular weight is 1330 g/mol. The third-order valence-corrected chi connectivity index (χ3v) is 21.1. The van der Waals surface area contributed by atoms with E-state index >= 15 is 0 Å². The summed E-state index contributed by atoms with van der Waals surface area (Å²) in [7, 11) is 2.98. The minimum Gasteiger partial charge on any atom is -0.481 e. The van der Waals surface area contributed by atoms with E-state index in [9.17, 15) is 48.6 Å². The highest BCUT2D eigenvalue weighted by Crippen LogP contribution is 2.41. The van der Waals surface area contributed by atoms with Gasteiger partial charge in [0.2, 0.25) is 11.8 Å². The number of hydrogen-bond acceptors (Lipinski definition) is 22. The average Bonchev–Trinajstić information content (AvgIpc) is 1.76. The molecule has 1 aromatic carbocycles. The second-order valence-electron chi connectivity index (χ2n) is 21.8. The summed E-state index contributed by atoms with van der Waals surface area (Å²) in [6.07, 6.45) is 0.226. The first-order valence-electron chi connectivity index (χ1n) is 28.8. The Kier molecular flexibility index (Phi) is 20.7. The number of nitrogens with zero attached hydrogens (tertiary/aromatic N) is 9. The Morgan fingerprint density at radius 2 is 1.44 bits per heavy atom. The Bertz CT molecular complexity index is 3980. The zero-order chi connectivity index (χ0) is 63.9. The van der Waals surface area contributed by atoms with Gasteiger partial charge in [0.05, 0.1) is 53.2 Å². The summed E-state index contributed by atoms with van der Waals surface area (Å²) < 4.78 is 5.50. The number of rotatable bonds is 14. The van der Waals surface area contributed by atoms with Gasteiger partial charge in [-0.15, -0.1) is 68.0 Å². The molecule has 1 fully saturated rings. The van der Waals surface area contributed by atoms with Crippen LogP contribution in [0.25, 0.3) is 43.4 Å². The first kappa shape index (κ1) is 64.8. The summed E-state index contributed by atoms with van der Waals surface area (Å²) >= 11 is 7.44. The lowest BCUT2D eigenvalue weighted by atomic mass is 9.90. The number of carbonyl (C=O) groups excluding carboxylic acids is 6. The second-order valence-corrected chi connectivity index (χ2v) is 27.6. The number of amides is 6. The lowest BCUT2D eigenvalue weighted by Gasteiger charge is -2.34. The van der Waals surface area contributed by atoms with Gasteiger partial charge in [-0.25, -0.2) is 39.7 Å². The van der Waals surface area contributed by atoms with Crippen molar-refractivity contribution in [2.45, 2.75) is 96.7 Å². The Morgan fingerprint density at radius 1 is 0.744 bits per heavy atom. The van der Waals surface area contributed by atoms with Crippen molar-refractivity contribution in [1.29, 1.82) is 0 Å². The number of Topliss-reactive ketones (excluding diaryl/α,β-unsaturated/α-hetero) is 1. The molecule has 1 saturated heterocycles. The van der Waals surface area contributed by atoms with Crippen molar-refractivity contribution in [1.82, 2.24) is 61.1 Å². The molecular weight excluding hydrogens is 1270 g/mol. The third kappa shape index (κ3) is 14.9. The summed E-state index contributed by atoms with van der Waals surface area (Å²) in [5.74, 6) is -5.57. The highest BCUT2D eigenvalue weighted by Gasteiger charge is 2.35. The Hall–Kier alpha value is -8.13. The van der Waals surface area contributed by atoms with Gasteiger partial charge in [0.1, 0.15) is 65.0 Å². The molecule has 6 amide bonds. The van der Waals surface area contributed by atoms with Crippen molar-refractivity contribution < 1.29 is 53.3 Å². The van der Waals surface area contributed by atoms with Gasteiger partial charge < -0.3 is 41.1 Å². The van der Waals surface area contributed by atoms with Crippen LogP contribution in [-0.2, 0) is 30.5 Å². The number of carboxylic acids is 2. The molecule has 4 atom stereocenters. The van der Waals surface area contributed by atoms with Crippen LogP contribution in [0, 0.1) is 18.8 Å². The maximum atomic E-state index is 14.4. The molecular formula is C60H63N13O11S6. The normalized spacial score (nSPS) is 17.3. The van der Waals surface area contributed by atoms with E-state index in [1.165, 1.54) is 87.1 Å². The highest BCUT2D eigenvalue weighted by atomic mass is 32.1. The number of nitrogens with one attached hydrogen (secondary N) is 4. The quantitative estimate of drug-likeness (QED) is 0.0589. The predicted molar refractivity (Wildman–Crippen MR) is 343 cm³/mol. The van der Waals surface area contributed by atoms with Crippen LogP contribution >= 0.6 is 68.0 Å². The van der Waals surface area contributed by atoms with Gasteiger partial charge in [-0.1, -0.05) is 51.1 Å². The maximum absolute atomic E-state index is 14.4. The molecule has 10 bridgehead atoms. The molecule has 1 unspecified atom stereocenters. The van der Waals surface area contributed by atoms with Crippen molar-refractivity contribution in [3.63, 3.8) is 0 Å². The summed E-state index contributed by atoms with van der Waals surface area (Å²) in [5.41, 5.74) is 3.34. The van der Waals surface area contributed by atoms with E-state index in [4.69, 9.17) is 39.6 Å². The molecule has 0 radical (unpaired) electrons. The Labute approximate surface area is 540 Å². The second kappa shape index (κ2) is 28.8. The minimum absolute atomic E-state index is 0.0225. The number of methoxy groups -OCH3 is 1. The standard InChI is InChI=1S/C60H63N13O11S6/c1-29(2)35-21-41(74)48-31(4)89-57(70-48)37(22-44(75)61-5)64-51(79)39-26-85-53(66-39)34-14-15-36(55-68-43(28-88-55)73(18-10-13-46(77)78)60(83)72-19-16-33(17-20-72)59(81)82)63-49(34)38-25-86-56(65-38)40-27-87-58(67-40)47(30(3)32-11-8-7-9-12-32)69-45(76)23-62-52(80)50-42(24-84-6)90-54(35)71-50/h7-9,11-12,14-15,25-30,33,35,37,47H,10,13,16-24H2,1-6H3,(H,61,75)(H,62,80)(H,64,79)(H,69,76)(H,77,78)(H,81,82)/t30-,35?,37-,47-/m0/s1. The maximum Gasteiger partial charge on any atom is 0.325 e. The summed E-state index contributed by atoms with van der Waals surface area (Å²) in [4.78, 5) is 146. The van der Waals surface area contributed by atoms with Crippen molar-refractivity contribution in [3.05, 3.63) is 111 Å². The van der Waals surface area contributed by atoms with E-state index in [0.29, 0.717) is 68.1 Å². The van der Waals surface area contributed by atoms with E-state index in [-0.39, 0.29) is 105 Å². The van der Waals surface area contributed by atoms with Crippen molar-refractivity contribution in [2.75, 3.05) is 45.2 Å². The number of ketones is 1. The number of fused-ring (bicyclic) bond motifs is 14. The van der Waals surface area contributed by atoms with E-state index in [1.807, 2.05) is 61.9 Å². The monoisotopic (exact) mass is 1330 g/mol. The topological polar surface area (TPSA) is 331 Å². The molecule has 2 aliphatic rings. The van der Waals surface area contributed by atoms with Gasteiger partial charge in [0, 0.05) is 90.4 Å². The lowest BCUT2D eigenvalue weighted by molar-refractivity contribution is -0.143. The number of anilines is 1. The summed E-state index contributed by atoms with van der Waals surface area (Å²) in [6, 6.07) is 11.1. The van der Waals surface area contributed by atoms with E-state index in [2.05, 4.69) is 21.3 Å². The summed E-state index contributed by atoms with van der Waals surface area (Å²) in [6.45, 7) is 7.71. The molecule has 30 heteroatoms. The highest BCUT2D eigenvalue weighted by molar-refractivity contribution is 7.15. The zero-order valence-corrected chi connectivity index (χ0v) is 54.5. The number of aromatic nitrogens is 7. The van der Waals surface area contributed by atoms with Crippen LogP contribution in [0.4, 0.5) is 10.6 Å². The number of likely N-dealkylation sites (tertiary alicyclic amines) is 1. The number of carboxylic acid groups (broad SMARTS) is 2. The van der Waals surface area contributed by atoms with Gasteiger partial charge in [-0.2, -0.15) is 0 Å². The van der Waals surface area contributed by atoms with E-state index in [0.717, 1.165) is 5.56 Å². The lowest BCUT2D eigenvalue weighted by Crippen LogP contribution is -2.48. The van der Waals surface area contributed by atoms with Gasteiger partial charge in [-0.3, -0.25) is 38.5 Å². The minimum atomic E-state index is -1.03. The first-order valence-corrected chi connectivity index (χ1v) is 33.9. The third-order valence-electron chi connectivity index (χ3n) is 15.4. The number of piperidine rings is 1. The SMILES string of the molecule is CNC(=O)C[C@@H]1NC(=O)c2csc(n2)-c2ccc(-c3nc(N(CCCC(=O)O)C(=O)N4CCC(C(=O)O)CC4)cs3)nc2-c2csc(n2)-c2csc(n2)[C@H]([C@@H](C)c2ccccc2)NC(=O)CNC(=O)c2nc(sc2COC)C(C(C)C)CC(=O)c2nc1sc2C. The van der Waals surface area contributed by atoms with Crippen LogP contribution in [-0.4, -0.2) is 138 Å². The molecule has 90 heavy (non-hydrogen) atoms. The van der Waals surface area contributed by atoms with Crippen LogP contribution in [0.1, 0.15) is 145 Å². The van der Waals surface area contributed by atoms with Crippen LogP contribution in [0.15, 0.2) is 64.0 Å². The van der Waals surface area contributed by atoms with Crippen LogP contribution < -0.4 is 26.2 Å². The molecule has 6 N–H and O–H groups in total. The van der Waals surface area contributed by atoms with Gasteiger partial charge in [-0.05, 0) is 49.8 Å². The molecule has 8 aromatic rings. The molecule has 470 valence electrons. The number of thiazole rings is 6. The smallest absolute Gasteiger partial charge is 0.325 e.